The first-order chi connectivity index (χ1) is 7.10. The van der Waals surface area contributed by atoms with E-state index in [0.29, 0.717) is 18.4 Å². The smallest absolute Gasteiger partial charge is 0.309 e. The number of esters is 1. The Morgan fingerprint density at radius 2 is 2.20 bits per heavy atom. The van der Waals surface area contributed by atoms with E-state index in [4.69, 9.17) is 16.3 Å². The third-order valence-electron chi connectivity index (χ3n) is 1.70. The maximum Gasteiger partial charge on any atom is 0.309 e. The molecule has 0 heterocycles. The summed E-state index contributed by atoms with van der Waals surface area (Å²) in [6.45, 7) is 7.30. The highest BCUT2D eigenvalue weighted by Crippen LogP contribution is 1.99. The topological polar surface area (TPSA) is 38.3 Å². The number of hydrogen-bond donors (Lipinski definition) is 1. The molecule has 0 radical (unpaired) electrons. The largest absolute Gasteiger partial charge is 0.466 e. The molecule has 0 saturated carbocycles. The van der Waals surface area contributed by atoms with E-state index in [1.54, 1.807) is 13.0 Å². The average molecular weight is 234 g/mol. The van der Waals surface area contributed by atoms with Gasteiger partial charge in [-0.2, -0.15) is 0 Å². The number of nitrogens with one attached hydrogen (secondary N) is 1. The Balaban J connectivity index is 3.93. The van der Waals surface area contributed by atoms with Crippen LogP contribution in [0.1, 0.15) is 27.2 Å². The van der Waals surface area contributed by atoms with Crippen LogP contribution in [-0.2, 0) is 9.53 Å². The van der Waals surface area contributed by atoms with Gasteiger partial charge in [-0.1, -0.05) is 19.9 Å². The second-order valence-corrected chi connectivity index (χ2v) is 3.91. The molecule has 0 unspecified atom stereocenters. The van der Waals surface area contributed by atoms with Crippen molar-refractivity contribution in [2.75, 3.05) is 19.0 Å². The standard InChI is InChI=1S/C11H20ClNO2/c1-4-15-11(14)6-5-10(7-12)13-8-9(2)3/h5,9,13H,4,6-8H2,1-3H3/b10-5-. The minimum atomic E-state index is -0.216. The molecule has 0 bridgehead atoms. The molecule has 0 fully saturated rings. The minimum absolute atomic E-state index is 0.216. The van der Waals surface area contributed by atoms with Gasteiger partial charge in [0, 0.05) is 12.2 Å². The number of carbonyl (C=O) groups excluding carboxylic acids is 1. The number of alkyl halides is 1. The predicted octanol–water partition coefficient (Wildman–Crippen LogP) is 2.31. The van der Waals surface area contributed by atoms with Crippen LogP contribution in [0.15, 0.2) is 11.8 Å². The molecule has 1 N–H and O–H groups in total. The highest BCUT2D eigenvalue weighted by Gasteiger charge is 2.01. The van der Waals surface area contributed by atoms with Gasteiger partial charge < -0.3 is 10.1 Å². The van der Waals surface area contributed by atoms with Gasteiger partial charge >= 0.3 is 5.97 Å². The lowest BCUT2D eigenvalue weighted by molar-refractivity contribution is -0.142. The van der Waals surface area contributed by atoms with Crippen molar-refractivity contribution in [2.45, 2.75) is 27.2 Å². The summed E-state index contributed by atoms with van der Waals surface area (Å²) >= 11 is 5.73. The fourth-order valence-corrected chi connectivity index (χ4v) is 1.14. The Kier molecular flexibility index (Phi) is 8.19. The maximum absolute atomic E-state index is 11.1. The molecule has 0 spiro atoms. The van der Waals surface area contributed by atoms with Gasteiger partial charge in [-0.05, 0) is 12.8 Å². The van der Waals surface area contributed by atoms with Gasteiger partial charge in [0.2, 0.25) is 0 Å². The zero-order valence-corrected chi connectivity index (χ0v) is 10.4. The quantitative estimate of drug-likeness (QED) is 0.542. The fourth-order valence-electron chi connectivity index (χ4n) is 0.936. The van der Waals surface area contributed by atoms with Crippen molar-refractivity contribution in [2.24, 2.45) is 5.92 Å². The van der Waals surface area contributed by atoms with E-state index in [-0.39, 0.29) is 12.4 Å². The first kappa shape index (κ1) is 14.3. The van der Waals surface area contributed by atoms with E-state index in [0.717, 1.165) is 12.2 Å². The van der Waals surface area contributed by atoms with Crippen molar-refractivity contribution in [3.63, 3.8) is 0 Å². The average Bonchev–Trinajstić information content (AvgIpc) is 2.18. The number of allylic oxidation sites excluding steroid dienone is 1. The molecule has 0 saturated heterocycles. The summed E-state index contributed by atoms with van der Waals surface area (Å²) in [5, 5.41) is 3.19. The normalized spacial score (nSPS) is 11.7. The van der Waals surface area contributed by atoms with Crippen LogP contribution in [0.25, 0.3) is 0 Å². The van der Waals surface area contributed by atoms with Gasteiger partial charge in [0.25, 0.3) is 0 Å². The molecule has 0 aromatic heterocycles. The Bertz CT molecular complexity index is 215. The van der Waals surface area contributed by atoms with E-state index in [1.807, 2.05) is 0 Å². The van der Waals surface area contributed by atoms with Crippen molar-refractivity contribution in [3.05, 3.63) is 11.8 Å². The van der Waals surface area contributed by atoms with Crippen molar-refractivity contribution in [3.8, 4) is 0 Å². The summed E-state index contributed by atoms with van der Waals surface area (Å²) in [4.78, 5) is 11.1. The van der Waals surface area contributed by atoms with Crippen molar-refractivity contribution < 1.29 is 9.53 Å². The number of rotatable bonds is 7. The molecule has 0 aromatic carbocycles. The zero-order valence-electron chi connectivity index (χ0n) is 9.68. The van der Waals surface area contributed by atoms with Crippen molar-refractivity contribution in [1.82, 2.24) is 5.32 Å². The first-order valence-corrected chi connectivity index (χ1v) is 5.78. The van der Waals surface area contributed by atoms with Crippen LogP contribution < -0.4 is 5.32 Å². The SMILES string of the molecule is CCOC(=O)C/C=C(/CCl)NCC(C)C. The monoisotopic (exact) mass is 233 g/mol. The summed E-state index contributed by atoms with van der Waals surface area (Å²) in [7, 11) is 0. The fraction of sp³-hybridized carbons (Fsp3) is 0.727. The summed E-state index contributed by atoms with van der Waals surface area (Å²) in [6.07, 6.45) is 2.06. The van der Waals surface area contributed by atoms with Crippen LogP contribution in [0.3, 0.4) is 0 Å². The Labute approximate surface area is 96.8 Å². The molecular weight excluding hydrogens is 214 g/mol. The highest BCUT2D eigenvalue weighted by atomic mass is 35.5. The van der Waals surface area contributed by atoms with Gasteiger partial charge in [-0.25, -0.2) is 0 Å². The van der Waals surface area contributed by atoms with E-state index in [2.05, 4.69) is 19.2 Å². The summed E-state index contributed by atoms with van der Waals surface area (Å²) < 4.78 is 4.81. The van der Waals surface area contributed by atoms with E-state index < -0.39 is 0 Å². The lowest BCUT2D eigenvalue weighted by Crippen LogP contribution is -2.20. The minimum Gasteiger partial charge on any atom is -0.466 e. The molecule has 3 nitrogen and oxygen atoms in total. The lowest BCUT2D eigenvalue weighted by Gasteiger charge is -2.10. The van der Waals surface area contributed by atoms with Crippen LogP contribution in [-0.4, -0.2) is 25.0 Å². The number of carbonyl (C=O) groups is 1. The van der Waals surface area contributed by atoms with E-state index in [9.17, 15) is 4.79 Å². The second kappa shape index (κ2) is 8.60. The highest BCUT2D eigenvalue weighted by molar-refractivity contribution is 6.19. The van der Waals surface area contributed by atoms with Crippen LogP contribution in [0.4, 0.5) is 0 Å². The van der Waals surface area contributed by atoms with E-state index in [1.165, 1.54) is 0 Å². The predicted molar refractivity (Wildman–Crippen MR) is 62.9 cm³/mol. The van der Waals surface area contributed by atoms with Crippen LogP contribution in [0.2, 0.25) is 0 Å². The molecule has 0 aliphatic heterocycles. The Morgan fingerprint density at radius 3 is 2.67 bits per heavy atom. The Hall–Kier alpha value is -0.700. The van der Waals surface area contributed by atoms with E-state index >= 15 is 0 Å². The molecule has 0 aromatic rings. The molecule has 0 rings (SSSR count). The van der Waals surface area contributed by atoms with Gasteiger partial charge in [-0.3, -0.25) is 4.79 Å². The molecule has 88 valence electrons. The van der Waals surface area contributed by atoms with Gasteiger partial charge in [-0.15, -0.1) is 11.6 Å². The molecule has 0 aliphatic rings. The molecule has 4 heteroatoms. The van der Waals surface area contributed by atoms with Crippen molar-refractivity contribution >= 4 is 17.6 Å². The van der Waals surface area contributed by atoms with Crippen LogP contribution >= 0.6 is 11.6 Å². The number of ether oxygens (including phenoxy) is 1. The number of halogens is 1. The molecular formula is C11H20ClNO2. The molecule has 0 atom stereocenters. The van der Waals surface area contributed by atoms with Crippen molar-refractivity contribution in [1.29, 1.82) is 0 Å². The number of hydrogen-bond acceptors (Lipinski definition) is 3. The summed E-state index contributed by atoms with van der Waals surface area (Å²) in [5.74, 6) is 0.734. The molecule has 0 aliphatic carbocycles. The first-order valence-electron chi connectivity index (χ1n) is 5.24. The van der Waals surface area contributed by atoms with Gasteiger partial charge in [0.05, 0.1) is 18.9 Å². The maximum atomic E-state index is 11.1. The lowest BCUT2D eigenvalue weighted by atomic mass is 10.2. The second-order valence-electron chi connectivity index (χ2n) is 3.65. The summed E-state index contributed by atoms with van der Waals surface area (Å²) in [5.41, 5.74) is 0.887. The zero-order chi connectivity index (χ0) is 11.7. The van der Waals surface area contributed by atoms with Gasteiger partial charge in [0.15, 0.2) is 0 Å². The molecule has 15 heavy (non-hydrogen) atoms. The van der Waals surface area contributed by atoms with Crippen LogP contribution in [0.5, 0.6) is 0 Å². The third-order valence-corrected chi connectivity index (χ3v) is 1.99. The van der Waals surface area contributed by atoms with Crippen LogP contribution in [0, 0.1) is 5.92 Å². The summed E-state index contributed by atoms with van der Waals surface area (Å²) in [6, 6.07) is 0. The van der Waals surface area contributed by atoms with Gasteiger partial charge in [0.1, 0.15) is 0 Å². The Morgan fingerprint density at radius 1 is 1.53 bits per heavy atom. The third kappa shape index (κ3) is 8.30. The molecule has 0 amide bonds.